The molecule has 0 saturated carbocycles. The van der Waals surface area contributed by atoms with Crippen LogP contribution in [0.15, 0.2) is 78.1 Å². The van der Waals surface area contributed by atoms with Crippen molar-refractivity contribution in [2.45, 2.75) is 5.54 Å². The van der Waals surface area contributed by atoms with Gasteiger partial charge in [0.15, 0.2) is 0 Å². The smallest absolute Gasteiger partial charge is 0.252 e. The van der Waals surface area contributed by atoms with Gasteiger partial charge >= 0.3 is 0 Å². The number of hydrogen-bond donors (Lipinski definition) is 1. The molecule has 0 radical (unpaired) electrons. The van der Waals surface area contributed by atoms with Crippen LogP contribution in [0, 0.1) is 15.9 Å². The molecule has 0 fully saturated rings. The molecule has 7 nitrogen and oxygen atoms in total. The number of nitrogens with zero attached hydrogens (tertiary/aromatic N) is 5. The Morgan fingerprint density at radius 1 is 1.06 bits per heavy atom. The molecule has 1 atom stereocenters. The Morgan fingerprint density at radius 3 is 2.51 bits per heavy atom. The first-order valence-electron chi connectivity index (χ1n) is 10.8. The highest BCUT2D eigenvalue weighted by molar-refractivity contribution is 14.1. The zero-order chi connectivity index (χ0) is 24.7. The quantitative estimate of drug-likeness (QED) is 0.263. The van der Waals surface area contributed by atoms with Gasteiger partial charge < -0.3 is 10.3 Å². The second-order valence-electron chi connectivity index (χ2n) is 8.31. The Kier molecular flexibility index (Phi) is 5.75. The fourth-order valence-corrected chi connectivity index (χ4v) is 4.69. The third kappa shape index (κ3) is 3.83. The van der Waals surface area contributed by atoms with E-state index < -0.39 is 5.54 Å². The molecule has 4 heterocycles. The van der Waals surface area contributed by atoms with Gasteiger partial charge in [-0.1, -0.05) is 24.1 Å². The average Bonchev–Trinajstić information content (AvgIpc) is 3.32. The maximum atomic E-state index is 12.8. The molecule has 0 amide bonds. The molecule has 2 N–H and O–H groups in total. The number of imidazole rings is 1. The summed E-state index contributed by atoms with van der Waals surface area (Å²) in [6.45, 7) is 0. The minimum absolute atomic E-state index is 0.191. The number of rotatable bonds is 4. The van der Waals surface area contributed by atoms with Crippen molar-refractivity contribution >= 4 is 33.6 Å². The summed E-state index contributed by atoms with van der Waals surface area (Å²) in [5, 5.41) is 0.744. The Morgan fingerprint density at radius 2 is 1.83 bits per heavy atom. The van der Waals surface area contributed by atoms with Gasteiger partial charge in [0.25, 0.3) is 5.56 Å². The van der Waals surface area contributed by atoms with Crippen molar-refractivity contribution in [1.29, 1.82) is 0 Å². The van der Waals surface area contributed by atoms with Crippen molar-refractivity contribution in [3.05, 3.63) is 110 Å². The molecule has 0 spiro atoms. The molecule has 5 rings (SSSR count). The number of halogens is 1. The molecule has 0 aliphatic carbocycles. The Bertz CT molecular complexity index is 1680. The van der Waals surface area contributed by atoms with E-state index >= 15 is 0 Å². The summed E-state index contributed by atoms with van der Waals surface area (Å²) in [5.41, 5.74) is 10.7. The van der Waals surface area contributed by atoms with Crippen LogP contribution in [0.25, 0.3) is 22.3 Å². The Labute approximate surface area is 215 Å². The first-order chi connectivity index (χ1) is 16.8. The summed E-state index contributed by atoms with van der Waals surface area (Å²) in [6, 6.07) is 17.0. The Balaban J connectivity index is 1.84. The minimum atomic E-state index is -1.04. The van der Waals surface area contributed by atoms with Crippen LogP contribution in [0.5, 0.6) is 0 Å². The van der Waals surface area contributed by atoms with Gasteiger partial charge in [-0.05, 0) is 58.5 Å². The third-order valence-corrected chi connectivity index (χ3v) is 6.94. The maximum absolute atomic E-state index is 12.8. The summed E-state index contributed by atoms with van der Waals surface area (Å²) in [7, 11) is 3.61. The minimum Gasteiger partial charge on any atom is -0.336 e. The third-order valence-electron chi connectivity index (χ3n) is 6.22. The highest BCUT2D eigenvalue weighted by Gasteiger charge is 2.35. The molecule has 0 saturated heterocycles. The van der Waals surface area contributed by atoms with Crippen LogP contribution in [0.3, 0.4) is 0 Å². The zero-order valence-electron chi connectivity index (χ0n) is 19.1. The number of hydrogen-bond acceptors (Lipinski definition) is 5. The lowest BCUT2D eigenvalue weighted by atomic mass is 9.81. The van der Waals surface area contributed by atoms with Crippen LogP contribution in [-0.2, 0) is 19.6 Å². The lowest BCUT2D eigenvalue weighted by molar-refractivity contribution is 0.594. The van der Waals surface area contributed by atoms with E-state index in [1.54, 1.807) is 37.9 Å². The van der Waals surface area contributed by atoms with Crippen LogP contribution in [0.1, 0.15) is 22.5 Å². The van der Waals surface area contributed by atoms with E-state index in [0.29, 0.717) is 22.6 Å². The number of pyridine rings is 3. The van der Waals surface area contributed by atoms with E-state index in [9.17, 15) is 4.79 Å². The fourth-order valence-electron chi connectivity index (χ4n) is 4.33. The van der Waals surface area contributed by atoms with Gasteiger partial charge in [0.05, 0.1) is 23.9 Å². The molecule has 35 heavy (non-hydrogen) atoms. The molecule has 0 aliphatic rings. The van der Waals surface area contributed by atoms with Crippen LogP contribution < -0.4 is 11.3 Å². The van der Waals surface area contributed by atoms with Crippen molar-refractivity contribution in [3.63, 3.8) is 0 Å². The molecule has 0 unspecified atom stereocenters. The number of terminal acetylenes is 1. The largest absolute Gasteiger partial charge is 0.336 e. The molecule has 0 bridgehead atoms. The summed E-state index contributed by atoms with van der Waals surface area (Å²) in [4.78, 5) is 26.3. The summed E-state index contributed by atoms with van der Waals surface area (Å²) < 4.78 is 4.52. The topological polar surface area (TPSA) is 91.6 Å². The standard InChI is InChI=1S/C27H21IN6O/c1-4-20-6-5-7-23(32-20)21-13-25(35)34(3)26-22(21)12-18(14-31-26)27(29,24-15-30-16-33(24)2)17-8-10-19(28)11-9-17/h1,5-16H,29H2,2-3H3/t27-/m1/s1. The summed E-state index contributed by atoms with van der Waals surface area (Å²) >= 11 is 2.27. The maximum Gasteiger partial charge on any atom is 0.252 e. The zero-order valence-corrected chi connectivity index (χ0v) is 21.3. The van der Waals surface area contributed by atoms with Crippen LogP contribution in [0.2, 0.25) is 0 Å². The van der Waals surface area contributed by atoms with Crippen LogP contribution in [0.4, 0.5) is 0 Å². The molecule has 8 heteroatoms. The van der Waals surface area contributed by atoms with Crippen LogP contribution >= 0.6 is 22.6 Å². The van der Waals surface area contributed by atoms with Crippen molar-refractivity contribution in [2.24, 2.45) is 19.8 Å². The van der Waals surface area contributed by atoms with Gasteiger partial charge in [0.2, 0.25) is 0 Å². The molecular formula is C27H21IN6O. The molecule has 0 aliphatic heterocycles. The van der Waals surface area contributed by atoms with E-state index in [1.165, 1.54) is 4.57 Å². The lowest BCUT2D eigenvalue weighted by Gasteiger charge is -2.31. The van der Waals surface area contributed by atoms with Gasteiger partial charge in [-0.15, -0.1) is 6.42 Å². The number of aromatic nitrogens is 5. The van der Waals surface area contributed by atoms with E-state index in [4.69, 9.17) is 17.1 Å². The second kappa shape index (κ2) is 8.76. The van der Waals surface area contributed by atoms with Crippen molar-refractivity contribution in [1.82, 2.24) is 24.1 Å². The molecular weight excluding hydrogens is 551 g/mol. The Hall–Kier alpha value is -3.81. The van der Waals surface area contributed by atoms with Crippen LogP contribution in [-0.4, -0.2) is 24.1 Å². The normalized spacial score (nSPS) is 12.9. The lowest BCUT2D eigenvalue weighted by Crippen LogP contribution is -2.41. The van der Waals surface area contributed by atoms with Crippen molar-refractivity contribution in [3.8, 4) is 23.6 Å². The van der Waals surface area contributed by atoms with E-state index in [2.05, 4.69) is 38.5 Å². The monoisotopic (exact) mass is 572 g/mol. The average molecular weight is 572 g/mol. The number of nitrogens with two attached hydrogens (primary N) is 1. The van der Waals surface area contributed by atoms with Crippen molar-refractivity contribution in [2.75, 3.05) is 0 Å². The van der Waals surface area contributed by atoms with E-state index in [-0.39, 0.29) is 5.56 Å². The number of fused-ring (bicyclic) bond motifs is 1. The SMILES string of the molecule is C#Cc1cccc(-c2cc(=O)n(C)c3ncc([C@](N)(c4ccc(I)cc4)c4cncn4C)cc23)n1. The predicted molar refractivity (Wildman–Crippen MR) is 145 cm³/mol. The number of aryl methyl sites for hydroxylation is 2. The molecule has 1 aromatic carbocycles. The van der Waals surface area contributed by atoms with Gasteiger partial charge in [-0.3, -0.25) is 9.36 Å². The van der Waals surface area contributed by atoms with Gasteiger partial charge in [-0.25, -0.2) is 15.0 Å². The highest BCUT2D eigenvalue weighted by Crippen LogP contribution is 2.36. The van der Waals surface area contributed by atoms with E-state index in [1.807, 2.05) is 54.1 Å². The summed E-state index contributed by atoms with van der Waals surface area (Å²) in [5.74, 6) is 2.56. The van der Waals surface area contributed by atoms with Crippen molar-refractivity contribution < 1.29 is 0 Å². The highest BCUT2D eigenvalue weighted by atomic mass is 127. The first kappa shape index (κ1) is 23.0. The number of benzene rings is 1. The predicted octanol–water partition coefficient (Wildman–Crippen LogP) is 3.57. The fraction of sp³-hybridized carbons (Fsp3) is 0.111. The summed E-state index contributed by atoms with van der Waals surface area (Å²) in [6.07, 6.45) is 10.8. The molecule has 5 aromatic rings. The molecule has 172 valence electrons. The van der Waals surface area contributed by atoms with Gasteiger partial charge in [0.1, 0.15) is 16.9 Å². The van der Waals surface area contributed by atoms with Gasteiger partial charge in [-0.2, -0.15) is 0 Å². The second-order valence-corrected chi connectivity index (χ2v) is 9.55. The van der Waals surface area contributed by atoms with Gasteiger partial charge in [0, 0.05) is 46.4 Å². The first-order valence-corrected chi connectivity index (χ1v) is 11.9. The van der Waals surface area contributed by atoms with E-state index in [0.717, 1.165) is 25.8 Å². The molecule has 4 aromatic heterocycles.